The highest BCUT2D eigenvalue weighted by Crippen LogP contribution is 2.52. The second-order valence-corrected chi connectivity index (χ2v) is 8.59. The molecule has 0 aromatic rings. The Hall–Kier alpha value is -1.40. The number of amides is 2. The normalized spacial score (nSPS) is 39.2. The largest absolute Gasteiger partial charge is 0.360 e. The van der Waals surface area contributed by atoms with Gasteiger partial charge in [-0.25, -0.2) is 0 Å². The van der Waals surface area contributed by atoms with Gasteiger partial charge in [0.2, 0.25) is 11.8 Å². The predicted molar refractivity (Wildman–Crippen MR) is 96.4 cm³/mol. The monoisotopic (exact) mass is 359 g/mol. The Kier molecular flexibility index (Phi) is 4.09. The van der Waals surface area contributed by atoms with Crippen LogP contribution in [0.2, 0.25) is 0 Å². The smallest absolute Gasteiger partial charge is 0.230 e. The molecule has 0 unspecified atom stereocenters. The summed E-state index contributed by atoms with van der Waals surface area (Å²) < 4.78 is 6.23. The number of carbonyl (C=O) groups is 2. The fraction of sp³-hybridized carbons (Fsp3) is 0.800. The van der Waals surface area contributed by atoms with Gasteiger partial charge in [0.1, 0.15) is 5.60 Å². The Morgan fingerprint density at radius 1 is 1.08 bits per heavy atom. The molecule has 2 bridgehead atoms. The molecule has 26 heavy (non-hydrogen) atoms. The van der Waals surface area contributed by atoms with Gasteiger partial charge < -0.3 is 19.4 Å². The van der Waals surface area contributed by atoms with Crippen LogP contribution in [0.25, 0.3) is 0 Å². The molecule has 0 N–H and O–H groups in total. The lowest BCUT2D eigenvalue weighted by Crippen LogP contribution is -2.45. The van der Waals surface area contributed by atoms with Crippen LogP contribution < -0.4 is 0 Å². The highest BCUT2D eigenvalue weighted by molar-refractivity contribution is 5.93. The molecule has 5 aliphatic heterocycles. The van der Waals surface area contributed by atoms with Crippen molar-refractivity contribution in [3.8, 4) is 0 Å². The van der Waals surface area contributed by atoms with E-state index in [1.807, 2.05) is 15.9 Å². The second-order valence-electron chi connectivity index (χ2n) is 8.59. The summed E-state index contributed by atoms with van der Waals surface area (Å²) in [4.78, 5) is 32.6. The molecule has 1 spiro atoms. The van der Waals surface area contributed by atoms with E-state index in [1.165, 1.54) is 19.3 Å². The van der Waals surface area contributed by atoms with Gasteiger partial charge in [-0.2, -0.15) is 0 Å². The van der Waals surface area contributed by atoms with Crippen molar-refractivity contribution < 1.29 is 14.3 Å². The number of hydrogen-bond donors (Lipinski definition) is 0. The Balaban J connectivity index is 1.30. The molecule has 0 aromatic heterocycles. The van der Waals surface area contributed by atoms with Gasteiger partial charge in [0, 0.05) is 26.2 Å². The average Bonchev–Trinajstić information content (AvgIpc) is 3.43. The quantitative estimate of drug-likeness (QED) is 0.699. The van der Waals surface area contributed by atoms with E-state index in [1.54, 1.807) is 0 Å². The van der Waals surface area contributed by atoms with Gasteiger partial charge in [-0.05, 0) is 38.8 Å². The molecule has 4 saturated heterocycles. The summed E-state index contributed by atoms with van der Waals surface area (Å²) in [6, 6.07) is 0. The summed E-state index contributed by atoms with van der Waals surface area (Å²) in [7, 11) is 0. The molecule has 2 amide bonds. The molecular formula is C20H29N3O3. The Morgan fingerprint density at radius 3 is 2.58 bits per heavy atom. The first-order valence-corrected chi connectivity index (χ1v) is 10.4. The maximum absolute atomic E-state index is 13.2. The summed E-state index contributed by atoms with van der Waals surface area (Å²) in [6.45, 7) is 6.25. The molecule has 5 rings (SSSR count). The summed E-state index contributed by atoms with van der Waals surface area (Å²) in [6.07, 6.45) is 9.88. The maximum Gasteiger partial charge on any atom is 0.230 e. The molecule has 0 radical (unpaired) electrons. The third-order valence-electron chi connectivity index (χ3n) is 7.02. The van der Waals surface area contributed by atoms with Gasteiger partial charge in [-0.15, -0.1) is 0 Å². The fourth-order valence-electron chi connectivity index (χ4n) is 5.64. The number of hydrogen-bond acceptors (Lipinski definition) is 4. The van der Waals surface area contributed by atoms with Crippen molar-refractivity contribution in [2.45, 2.75) is 43.8 Å². The van der Waals surface area contributed by atoms with E-state index in [9.17, 15) is 9.59 Å². The van der Waals surface area contributed by atoms with Crippen molar-refractivity contribution in [2.24, 2.45) is 11.8 Å². The van der Waals surface area contributed by atoms with Gasteiger partial charge >= 0.3 is 0 Å². The first-order chi connectivity index (χ1) is 12.7. The van der Waals surface area contributed by atoms with E-state index in [0.717, 1.165) is 52.1 Å². The van der Waals surface area contributed by atoms with Crippen LogP contribution in [0.3, 0.4) is 0 Å². The fourth-order valence-corrected chi connectivity index (χ4v) is 5.64. The van der Waals surface area contributed by atoms with Crippen molar-refractivity contribution in [3.63, 3.8) is 0 Å². The van der Waals surface area contributed by atoms with Gasteiger partial charge in [0.05, 0.1) is 24.5 Å². The first kappa shape index (κ1) is 16.8. The lowest BCUT2D eigenvalue weighted by molar-refractivity contribution is -0.142. The van der Waals surface area contributed by atoms with E-state index >= 15 is 0 Å². The minimum atomic E-state index is -0.552. The zero-order valence-corrected chi connectivity index (χ0v) is 15.4. The zero-order chi connectivity index (χ0) is 17.7. The summed E-state index contributed by atoms with van der Waals surface area (Å²) >= 11 is 0. The third-order valence-corrected chi connectivity index (χ3v) is 7.02. The molecule has 5 heterocycles. The molecule has 142 valence electrons. The Labute approximate surface area is 155 Å². The first-order valence-electron chi connectivity index (χ1n) is 10.4. The molecule has 0 aromatic carbocycles. The van der Waals surface area contributed by atoms with E-state index in [-0.39, 0.29) is 29.8 Å². The second kappa shape index (κ2) is 6.34. The molecule has 4 atom stereocenters. The van der Waals surface area contributed by atoms with Crippen LogP contribution in [0.5, 0.6) is 0 Å². The van der Waals surface area contributed by atoms with Crippen LogP contribution in [-0.2, 0) is 14.3 Å². The van der Waals surface area contributed by atoms with E-state index in [2.05, 4.69) is 11.0 Å². The molecular weight excluding hydrogens is 330 g/mol. The molecule has 5 aliphatic rings. The van der Waals surface area contributed by atoms with Gasteiger partial charge in [0.15, 0.2) is 0 Å². The minimum Gasteiger partial charge on any atom is -0.360 e. The Bertz CT molecular complexity index is 624. The SMILES string of the molecule is O=C([C@H]1[C@@H]2C=C[C@@]3(CN(CCN4CCCCC4)C(=O)[C@H]13)O2)N1CCCC1. The summed E-state index contributed by atoms with van der Waals surface area (Å²) in [5.74, 6) is -0.362. The standard InChI is InChI=1S/C20H29N3O3/c24-18(22-10-4-5-11-22)16-15-6-7-20(26-15)14-23(19(25)17(16)20)13-12-21-8-2-1-3-9-21/h6-7,15-17H,1-5,8-14H2/t15-,16-,17-,20-/m0/s1. The van der Waals surface area contributed by atoms with Gasteiger partial charge in [-0.1, -0.05) is 18.6 Å². The Morgan fingerprint density at radius 2 is 1.81 bits per heavy atom. The molecule has 6 heteroatoms. The lowest BCUT2D eigenvalue weighted by atomic mass is 9.76. The zero-order valence-electron chi connectivity index (χ0n) is 15.4. The molecule has 4 fully saturated rings. The average molecular weight is 359 g/mol. The van der Waals surface area contributed by atoms with Crippen molar-refractivity contribution in [1.82, 2.24) is 14.7 Å². The lowest BCUT2D eigenvalue weighted by Gasteiger charge is -2.29. The molecule has 0 saturated carbocycles. The van der Waals surface area contributed by atoms with Crippen molar-refractivity contribution in [1.29, 1.82) is 0 Å². The van der Waals surface area contributed by atoms with E-state index in [4.69, 9.17) is 4.74 Å². The van der Waals surface area contributed by atoms with Crippen molar-refractivity contribution >= 4 is 11.8 Å². The number of nitrogens with zero attached hydrogens (tertiary/aromatic N) is 3. The number of rotatable bonds is 4. The summed E-state index contributed by atoms with van der Waals surface area (Å²) in [5, 5.41) is 0. The van der Waals surface area contributed by atoms with Crippen LogP contribution >= 0.6 is 0 Å². The van der Waals surface area contributed by atoms with Crippen LogP contribution in [0.15, 0.2) is 12.2 Å². The van der Waals surface area contributed by atoms with E-state index in [0.29, 0.717) is 6.54 Å². The molecule has 6 nitrogen and oxygen atoms in total. The van der Waals surface area contributed by atoms with Gasteiger partial charge in [-0.3, -0.25) is 9.59 Å². The topological polar surface area (TPSA) is 53.1 Å². The third kappa shape index (κ3) is 2.53. The van der Waals surface area contributed by atoms with Crippen molar-refractivity contribution in [3.05, 3.63) is 12.2 Å². The number of likely N-dealkylation sites (tertiary alicyclic amines) is 3. The minimum absolute atomic E-state index is 0.131. The predicted octanol–water partition coefficient (Wildman–Crippen LogP) is 0.877. The van der Waals surface area contributed by atoms with Crippen molar-refractivity contribution in [2.75, 3.05) is 45.8 Å². The highest BCUT2D eigenvalue weighted by Gasteiger charge is 2.67. The van der Waals surface area contributed by atoms with Crippen LogP contribution in [0.1, 0.15) is 32.1 Å². The molecule has 0 aliphatic carbocycles. The van der Waals surface area contributed by atoms with Crippen LogP contribution in [-0.4, -0.2) is 84.0 Å². The van der Waals surface area contributed by atoms with Crippen LogP contribution in [0, 0.1) is 11.8 Å². The number of fused-ring (bicyclic) bond motifs is 1. The highest BCUT2D eigenvalue weighted by atomic mass is 16.5. The van der Waals surface area contributed by atoms with Gasteiger partial charge in [0.25, 0.3) is 0 Å². The van der Waals surface area contributed by atoms with Crippen LogP contribution in [0.4, 0.5) is 0 Å². The number of ether oxygens (including phenoxy) is 1. The maximum atomic E-state index is 13.2. The summed E-state index contributed by atoms with van der Waals surface area (Å²) in [5.41, 5.74) is -0.552. The number of piperidine rings is 1. The number of carbonyl (C=O) groups excluding carboxylic acids is 2. The van der Waals surface area contributed by atoms with E-state index < -0.39 is 5.60 Å².